The minimum absolute atomic E-state index is 0.335. The molecule has 0 amide bonds. The summed E-state index contributed by atoms with van der Waals surface area (Å²) in [4.78, 5) is 0.335. The molecule has 1 aromatic rings. The molecule has 0 aliphatic carbocycles. The van der Waals surface area contributed by atoms with Crippen molar-refractivity contribution >= 4 is 26.0 Å². The Kier molecular flexibility index (Phi) is 6.32. The summed E-state index contributed by atoms with van der Waals surface area (Å²) in [5, 5.41) is 0.956. The van der Waals surface area contributed by atoms with E-state index in [0.717, 1.165) is 23.7 Å². The maximum absolute atomic E-state index is 11.9. The van der Waals surface area contributed by atoms with Crippen molar-refractivity contribution < 1.29 is 8.42 Å². The third-order valence-electron chi connectivity index (χ3n) is 2.76. The Morgan fingerprint density at radius 3 is 2.44 bits per heavy atom. The fourth-order valence-electron chi connectivity index (χ4n) is 1.53. The van der Waals surface area contributed by atoms with Gasteiger partial charge in [-0.15, -0.1) is 0 Å². The molecule has 0 spiro atoms. The van der Waals surface area contributed by atoms with Gasteiger partial charge < -0.3 is 0 Å². The lowest BCUT2D eigenvalue weighted by atomic mass is 10.1. The lowest BCUT2D eigenvalue weighted by Crippen LogP contribution is -2.25. The van der Waals surface area contributed by atoms with Gasteiger partial charge in [-0.3, -0.25) is 0 Å². The van der Waals surface area contributed by atoms with Gasteiger partial charge in [-0.05, 0) is 37.8 Å². The highest BCUT2D eigenvalue weighted by Gasteiger charge is 2.12. The Morgan fingerprint density at radius 2 is 1.89 bits per heavy atom. The van der Waals surface area contributed by atoms with Gasteiger partial charge in [0.2, 0.25) is 10.0 Å². The Balaban J connectivity index is 2.48. The van der Waals surface area contributed by atoms with Gasteiger partial charge in [-0.25, -0.2) is 13.1 Å². The Hall–Kier alpha value is -0.390. The van der Waals surface area contributed by atoms with Crippen molar-refractivity contribution in [3.8, 4) is 0 Å². The van der Waals surface area contributed by atoms with E-state index in [4.69, 9.17) is 0 Å². The Bertz CT molecular complexity index is 456. The minimum Gasteiger partial charge on any atom is -0.211 e. The van der Waals surface area contributed by atoms with E-state index in [9.17, 15) is 8.42 Å². The number of nitrogens with one attached hydrogen (secondary N) is 1. The maximum Gasteiger partial charge on any atom is 0.240 e. The van der Waals surface area contributed by atoms with Crippen molar-refractivity contribution in [3.63, 3.8) is 0 Å². The largest absolute Gasteiger partial charge is 0.240 e. The summed E-state index contributed by atoms with van der Waals surface area (Å²) in [5.74, 6) is 0.578. The monoisotopic (exact) mass is 333 g/mol. The Morgan fingerprint density at radius 1 is 1.28 bits per heavy atom. The highest BCUT2D eigenvalue weighted by Crippen LogP contribution is 2.11. The molecular weight excluding hydrogens is 314 g/mol. The molecule has 5 heteroatoms. The van der Waals surface area contributed by atoms with Crippen LogP contribution < -0.4 is 4.72 Å². The molecule has 0 saturated heterocycles. The number of aryl methyl sites for hydroxylation is 1. The van der Waals surface area contributed by atoms with Gasteiger partial charge in [0.05, 0.1) is 4.90 Å². The summed E-state index contributed by atoms with van der Waals surface area (Å²) in [7, 11) is -3.34. The van der Waals surface area contributed by atoms with Gasteiger partial charge in [-0.2, -0.15) is 0 Å². The summed E-state index contributed by atoms with van der Waals surface area (Å²) in [6.45, 7) is 4.57. The maximum atomic E-state index is 11.9. The zero-order valence-corrected chi connectivity index (χ0v) is 13.2. The lowest BCUT2D eigenvalue weighted by Gasteiger charge is -2.09. The SMILES string of the molecule is Cc1ccc(S(=O)(=O)NCCCC(C)CBr)cc1. The van der Waals surface area contributed by atoms with Crippen LogP contribution in [0.25, 0.3) is 0 Å². The second-order valence-electron chi connectivity index (χ2n) is 4.61. The summed E-state index contributed by atoms with van der Waals surface area (Å²) >= 11 is 3.41. The number of benzene rings is 1. The highest BCUT2D eigenvalue weighted by molar-refractivity contribution is 9.09. The highest BCUT2D eigenvalue weighted by atomic mass is 79.9. The first-order chi connectivity index (χ1) is 8.45. The van der Waals surface area contributed by atoms with Crippen LogP contribution in [-0.2, 0) is 10.0 Å². The van der Waals surface area contributed by atoms with Gasteiger partial charge in [0.15, 0.2) is 0 Å². The third kappa shape index (κ3) is 5.08. The molecule has 18 heavy (non-hydrogen) atoms. The second kappa shape index (κ2) is 7.26. The van der Waals surface area contributed by atoms with Crippen LogP contribution in [0.15, 0.2) is 29.2 Å². The van der Waals surface area contributed by atoms with E-state index in [1.807, 2.05) is 19.1 Å². The van der Waals surface area contributed by atoms with Crippen molar-refractivity contribution in [2.45, 2.75) is 31.6 Å². The number of halogens is 1. The van der Waals surface area contributed by atoms with Crippen LogP contribution >= 0.6 is 15.9 Å². The van der Waals surface area contributed by atoms with Gasteiger partial charge in [0, 0.05) is 11.9 Å². The van der Waals surface area contributed by atoms with Gasteiger partial charge in [0.1, 0.15) is 0 Å². The molecule has 102 valence electrons. The number of alkyl halides is 1. The molecule has 1 aromatic carbocycles. The predicted octanol–water partition coefficient (Wildman–Crippen LogP) is 3.08. The average Bonchev–Trinajstić information content (AvgIpc) is 2.35. The van der Waals surface area contributed by atoms with Crippen molar-refractivity contribution in [2.24, 2.45) is 5.92 Å². The van der Waals surface area contributed by atoms with Crippen LogP contribution in [0.2, 0.25) is 0 Å². The topological polar surface area (TPSA) is 46.2 Å². The summed E-state index contributed by atoms with van der Waals surface area (Å²) in [6.07, 6.45) is 1.87. The van der Waals surface area contributed by atoms with E-state index < -0.39 is 10.0 Å². The molecule has 0 bridgehead atoms. The lowest BCUT2D eigenvalue weighted by molar-refractivity contribution is 0.546. The molecule has 1 rings (SSSR count). The van der Waals surface area contributed by atoms with Crippen LogP contribution in [0, 0.1) is 12.8 Å². The summed E-state index contributed by atoms with van der Waals surface area (Å²) < 4.78 is 26.5. The van der Waals surface area contributed by atoms with E-state index in [0.29, 0.717) is 17.4 Å². The van der Waals surface area contributed by atoms with Crippen molar-refractivity contribution in [1.29, 1.82) is 0 Å². The zero-order valence-electron chi connectivity index (χ0n) is 10.8. The molecule has 1 unspecified atom stereocenters. The first-order valence-corrected chi connectivity index (χ1v) is 8.68. The predicted molar refractivity (Wildman–Crippen MR) is 78.6 cm³/mol. The molecule has 0 aliphatic heterocycles. The van der Waals surface area contributed by atoms with Crippen molar-refractivity contribution in [3.05, 3.63) is 29.8 Å². The van der Waals surface area contributed by atoms with Crippen LogP contribution in [0.3, 0.4) is 0 Å². The van der Waals surface area contributed by atoms with E-state index >= 15 is 0 Å². The fraction of sp³-hybridized carbons (Fsp3) is 0.538. The van der Waals surface area contributed by atoms with Crippen LogP contribution in [0.4, 0.5) is 0 Å². The third-order valence-corrected chi connectivity index (χ3v) is 5.34. The zero-order chi connectivity index (χ0) is 13.6. The normalized spacial score (nSPS) is 13.5. The molecule has 0 aromatic heterocycles. The van der Waals surface area contributed by atoms with E-state index in [2.05, 4.69) is 27.6 Å². The van der Waals surface area contributed by atoms with Gasteiger partial charge in [-0.1, -0.05) is 40.5 Å². The first-order valence-electron chi connectivity index (χ1n) is 6.08. The van der Waals surface area contributed by atoms with E-state index in [1.54, 1.807) is 12.1 Å². The molecular formula is C13H20BrNO2S. The van der Waals surface area contributed by atoms with Crippen molar-refractivity contribution in [1.82, 2.24) is 4.72 Å². The molecule has 1 N–H and O–H groups in total. The average molecular weight is 334 g/mol. The first kappa shape index (κ1) is 15.7. The molecule has 0 fully saturated rings. The standard InChI is InChI=1S/C13H20BrNO2S/c1-11-5-7-13(8-6-11)18(16,17)15-9-3-4-12(2)10-14/h5-8,12,15H,3-4,9-10H2,1-2H3. The quantitative estimate of drug-likeness (QED) is 0.615. The molecule has 0 aliphatic rings. The van der Waals surface area contributed by atoms with Crippen molar-refractivity contribution in [2.75, 3.05) is 11.9 Å². The van der Waals surface area contributed by atoms with Crippen LogP contribution in [0.5, 0.6) is 0 Å². The molecule has 0 heterocycles. The van der Waals surface area contributed by atoms with Crippen LogP contribution in [-0.4, -0.2) is 20.3 Å². The summed E-state index contributed by atoms with van der Waals surface area (Å²) in [5.41, 5.74) is 1.06. The fourth-order valence-corrected chi connectivity index (χ4v) is 2.93. The minimum atomic E-state index is -3.34. The molecule has 1 atom stereocenters. The Labute approximate surface area is 118 Å². The summed E-state index contributed by atoms with van der Waals surface area (Å²) in [6, 6.07) is 6.89. The smallest absolute Gasteiger partial charge is 0.211 e. The molecule has 3 nitrogen and oxygen atoms in total. The molecule has 0 radical (unpaired) electrons. The molecule has 0 saturated carbocycles. The van der Waals surface area contributed by atoms with E-state index in [1.165, 1.54) is 0 Å². The van der Waals surface area contributed by atoms with Gasteiger partial charge >= 0.3 is 0 Å². The number of rotatable bonds is 7. The number of hydrogen-bond acceptors (Lipinski definition) is 2. The second-order valence-corrected chi connectivity index (χ2v) is 7.03. The van der Waals surface area contributed by atoms with Crippen LogP contribution in [0.1, 0.15) is 25.3 Å². The van der Waals surface area contributed by atoms with Gasteiger partial charge in [0.25, 0.3) is 0 Å². The number of sulfonamides is 1. The number of hydrogen-bond donors (Lipinski definition) is 1. The van der Waals surface area contributed by atoms with E-state index in [-0.39, 0.29) is 0 Å².